The van der Waals surface area contributed by atoms with Crippen LogP contribution in [0.1, 0.15) is 5.56 Å². The minimum Gasteiger partial charge on any atom is -0.395 e. The SMILES string of the molecule is Cc1ccc(S(=O)(=O)Oc2ccc3ccccc3c2N)cc1. The van der Waals surface area contributed by atoms with E-state index < -0.39 is 10.1 Å². The van der Waals surface area contributed by atoms with E-state index in [1.807, 2.05) is 31.2 Å². The largest absolute Gasteiger partial charge is 0.395 e. The molecule has 3 aromatic carbocycles. The Kier molecular flexibility index (Phi) is 3.50. The minimum absolute atomic E-state index is 0.102. The van der Waals surface area contributed by atoms with Crippen molar-refractivity contribution >= 4 is 26.6 Å². The van der Waals surface area contributed by atoms with Crippen molar-refractivity contribution in [2.75, 3.05) is 5.73 Å². The number of hydrogen-bond acceptors (Lipinski definition) is 4. The number of rotatable bonds is 3. The number of benzene rings is 3. The van der Waals surface area contributed by atoms with Crippen LogP contribution in [0.5, 0.6) is 5.75 Å². The molecule has 0 heterocycles. The first kappa shape index (κ1) is 14.4. The quantitative estimate of drug-likeness (QED) is 0.593. The molecule has 0 spiro atoms. The molecule has 22 heavy (non-hydrogen) atoms. The van der Waals surface area contributed by atoms with Crippen molar-refractivity contribution in [1.29, 1.82) is 0 Å². The van der Waals surface area contributed by atoms with Crippen LogP contribution in [-0.4, -0.2) is 8.42 Å². The molecule has 0 bridgehead atoms. The lowest BCUT2D eigenvalue weighted by atomic mass is 10.1. The lowest BCUT2D eigenvalue weighted by Crippen LogP contribution is -2.11. The standard InChI is InChI=1S/C17H15NO3S/c1-12-6-9-14(10-7-12)22(19,20)21-16-11-8-13-4-2-3-5-15(13)17(16)18/h2-11H,18H2,1H3. The molecule has 0 saturated heterocycles. The van der Waals surface area contributed by atoms with Gasteiger partial charge in [0.1, 0.15) is 4.90 Å². The molecule has 0 aromatic heterocycles. The van der Waals surface area contributed by atoms with Crippen molar-refractivity contribution < 1.29 is 12.6 Å². The topological polar surface area (TPSA) is 69.4 Å². The molecule has 112 valence electrons. The van der Waals surface area contributed by atoms with Gasteiger partial charge in [0.15, 0.2) is 5.75 Å². The maximum absolute atomic E-state index is 12.3. The molecule has 0 saturated carbocycles. The normalized spacial score (nSPS) is 11.5. The zero-order valence-electron chi connectivity index (χ0n) is 12.0. The zero-order valence-corrected chi connectivity index (χ0v) is 12.8. The lowest BCUT2D eigenvalue weighted by Gasteiger charge is -2.11. The van der Waals surface area contributed by atoms with E-state index >= 15 is 0 Å². The zero-order chi connectivity index (χ0) is 15.7. The van der Waals surface area contributed by atoms with Crippen LogP contribution in [0.2, 0.25) is 0 Å². The van der Waals surface area contributed by atoms with E-state index in [-0.39, 0.29) is 10.6 Å². The van der Waals surface area contributed by atoms with Crippen molar-refractivity contribution in [1.82, 2.24) is 0 Å². The Morgan fingerprint density at radius 2 is 1.59 bits per heavy atom. The second-order valence-electron chi connectivity index (χ2n) is 5.05. The molecule has 2 N–H and O–H groups in total. The van der Waals surface area contributed by atoms with Crippen LogP contribution >= 0.6 is 0 Å². The Morgan fingerprint density at radius 1 is 0.909 bits per heavy atom. The van der Waals surface area contributed by atoms with Gasteiger partial charge in [-0.2, -0.15) is 8.42 Å². The summed E-state index contributed by atoms with van der Waals surface area (Å²) in [5.41, 5.74) is 7.33. The number of nitrogens with two attached hydrogens (primary N) is 1. The summed E-state index contributed by atoms with van der Waals surface area (Å²) in [6.45, 7) is 1.89. The van der Waals surface area contributed by atoms with E-state index in [9.17, 15) is 8.42 Å². The highest BCUT2D eigenvalue weighted by atomic mass is 32.2. The van der Waals surface area contributed by atoms with Crippen LogP contribution in [0.25, 0.3) is 10.8 Å². The first-order chi connectivity index (χ1) is 10.5. The van der Waals surface area contributed by atoms with Gasteiger partial charge >= 0.3 is 10.1 Å². The molecule has 0 radical (unpaired) electrons. The summed E-state index contributed by atoms with van der Waals surface area (Å²) in [6.07, 6.45) is 0. The van der Waals surface area contributed by atoms with Gasteiger partial charge < -0.3 is 9.92 Å². The van der Waals surface area contributed by atoms with Gasteiger partial charge in [-0.25, -0.2) is 0 Å². The summed E-state index contributed by atoms with van der Waals surface area (Å²) < 4.78 is 29.9. The molecule has 5 heteroatoms. The maximum atomic E-state index is 12.3. The predicted octanol–water partition coefficient (Wildman–Crippen LogP) is 3.50. The summed E-state index contributed by atoms with van der Waals surface area (Å²) in [5.74, 6) is 0.138. The smallest absolute Gasteiger partial charge is 0.339 e. The van der Waals surface area contributed by atoms with E-state index in [1.54, 1.807) is 24.3 Å². The van der Waals surface area contributed by atoms with Crippen molar-refractivity contribution in [3.05, 3.63) is 66.2 Å². The van der Waals surface area contributed by atoms with Gasteiger partial charge in [-0.1, -0.05) is 48.0 Å². The monoisotopic (exact) mass is 313 g/mol. The van der Waals surface area contributed by atoms with E-state index in [2.05, 4.69) is 0 Å². The molecule has 0 aliphatic rings. The maximum Gasteiger partial charge on any atom is 0.339 e. The second kappa shape index (κ2) is 5.35. The first-order valence-electron chi connectivity index (χ1n) is 6.76. The molecule has 0 amide bonds. The summed E-state index contributed by atoms with van der Waals surface area (Å²) >= 11 is 0. The Balaban J connectivity index is 2.02. The fourth-order valence-electron chi connectivity index (χ4n) is 2.22. The molecule has 0 unspecified atom stereocenters. The van der Waals surface area contributed by atoms with Crippen molar-refractivity contribution in [3.8, 4) is 5.75 Å². The Morgan fingerprint density at radius 3 is 2.32 bits per heavy atom. The van der Waals surface area contributed by atoms with E-state index in [4.69, 9.17) is 9.92 Å². The van der Waals surface area contributed by atoms with Crippen LogP contribution in [0.3, 0.4) is 0 Å². The predicted molar refractivity (Wildman–Crippen MR) is 87.4 cm³/mol. The average molecular weight is 313 g/mol. The third-order valence-corrected chi connectivity index (χ3v) is 4.69. The molecule has 3 rings (SSSR count). The van der Waals surface area contributed by atoms with Crippen molar-refractivity contribution in [2.45, 2.75) is 11.8 Å². The van der Waals surface area contributed by atoms with Crippen LogP contribution in [0, 0.1) is 6.92 Å². The molecule has 0 aliphatic heterocycles. The average Bonchev–Trinajstić information content (AvgIpc) is 2.51. The molecule has 0 atom stereocenters. The minimum atomic E-state index is -3.90. The number of hydrogen-bond donors (Lipinski definition) is 1. The van der Waals surface area contributed by atoms with Gasteiger partial charge in [-0.15, -0.1) is 0 Å². The second-order valence-corrected chi connectivity index (χ2v) is 6.60. The van der Waals surface area contributed by atoms with Crippen LogP contribution in [-0.2, 0) is 10.1 Å². The van der Waals surface area contributed by atoms with Gasteiger partial charge in [0.2, 0.25) is 0 Å². The molecule has 3 aromatic rings. The molecule has 0 fully saturated rings. The summed E-state index contributed by atoms with van der Waals surface area (Å²) in [4.78, 5) is 0.102. The Bertz CT molecular complexity index is 932. The van der Waals surface area contributed by atoms with Gasteiger partial charge in [0.25, 0.3) is 0 Å². The highest BCUT2D eigenvalue weighted by Gasteiger charge is 2.18. The van der Waals surface area contributed by atoms with Gasteiger partial charge in [-0.3, -0.25) is 0 Å². The third kappa shape index (κ3) is 2.63. The van der Waals surface area contributed by atoms with Crippen molar-refractivity contribution in [3.63, 3.8) is 0 Å². The number of anilines is 1. The number of aryl methyl sites for hydroxylation is 1. The van der Waals surface area contributed by atoms with Gasteiger partial charge in [-0.05, 0) is 30.5 Å². The van der Waals surface area contributed by atoms with Gasteiger partial charge in [0, 0.05) is 5.39 Å². The van der Waals surface area contributed by atoms with E-state index in [0.717, 1.165) is 16.3 Å². The lowest BCUT2D eigenvalue weighted by molar-refractivity contribution is 0.487. The highest BCUT2D eigenvalue weighted by Crippen LogP contribution is 2.32. The highest BCUT2D eigenvalue weighted by molar-refractivity contribution is 7.87. The number of nitrogen functional groups attached to an aromatic ring is 1. The van der Waals surface area contributed by atoms with Gasteiger partial charge in [0.05, 0.1) is 5.69 Å². The van der Waals surface area contributed by atoms with Crippen LogP contribution < -0.4 is 9.92 Å². The van der Waals surface area contributed by atoms with E-state index in [1.165, 1.54) is 12.1 Å². The first-order valence-corrected chi connectivity index (χ1v) is 8.16. The molecule has 0 aliphatic carbocycles. The third-order valence-electron chi connectivity index (χ3n) is 3.44. The Labute approximate surface area is 129 Å². The number of fused-ring (bicyclic) bond motifs is 1. The summed E-state index contributed by atoms with van der Waals surface area (Å²) in [7, 11) is -3.90. The fourth-order valence-corrected chi connectivity index (χ4v) is 3.17. The van der Waals surface area contributed by atoms with Crippen LogP contribution in [0.4, 0.5) is 5.69 Å². The summed E-state index contributed by atoms with van der Waals surface area (Å²) in [6, 6.07) is 17.3. The van der Waals surface area contributed by atoms with Crippen molar-refractivity contribution in [2.24, 2.45) is 0 Å². The Hall–Kier alpha value is -2.53. The molecule has 4 nitrogen and oxygen atoms in total. The molecular formula is C17H15NO3S. The molecular weight excluding hydrogens is 298 g/mol. The van der Waals surface area contributed by atoms with Crippen LogP contribution in [0.15, 0.2) is 65.6 Å². The fraction of sp³-hybridized carbons (Fsp3) is 0.0588. The summed E-state index contributed by atoms with van der Waals surface area (Å²) in [5, 5.41) is 1.69. The van der Waals surface area contributed by atoms with E-state index in [0.29, 0.717) is 5.69 Å².